The first-order chi connectivity index (χ1) is 5.72. The lowest BCUT2D eigenvalue weighted by molar-refractivity contribution is -0.0208. The summed E-state index contributed by atoms with van der Waals surface area (Å²) >= 11 is 0. The monoisotopic (exact) mass is 173 g/mol. The van der Waals surface area contributed by atoms with Crippen LogP contribution in [-0.2, 0) is 4.74 Å². The van der Waals surface area contributed by atoms with Gasteiger partial charge in [0.25, 0.3) is 0 Å². The lowest BCUT2D eigenvalue weighted by Crippen LogP contribution is -2.33. The van der Waals surface area contributed by atoms with Crippen LogP contribution in [0.5, 0.6) is 0 Å². The van der Waals surface area contributed by atoms with Gasteiger partial charge < -0.3 is 15.2 Å². The average molecular weight is 173 g/mol. The van der Waals surface area contributed by atoms with E-state index in [-0.39, 0.29) is 12.7 Å². The maximum absolute atomic E-state index is 12.5. The van der Waals surface area contributed by atoms with E-state index in [1.54, 1.807) is 19.1 Å². The Kier molecular flexibility index (Phi) is 3.25. The molecule has 0 radical (unpaired) electrons. The number of rotatable bonds is 3. The molecule has 0 saturated carbocycles. The van der Waals surface area contributed by atoms with Crippen LogP contribution in [0.1, 0.15) is 6.92 Å². The molecule has 0 bridgehead atoms. The fourth-order valence-electron chi connectivity index (χ4n) is 0.846. The summed E-state index contributed by atoms with van der Waals surface area (Å²) in [6.07, 6.45) is 3.79. The van der Waals surface area contributed by atoms with Gasteiger partial charge in [0.2, 0.25) is 0 Å². The minimum atomic E-state index is -0.475. The number of hydrogen-bond donors (Lipinski definition) is 2. The van der Waals surface area contributed by atoms with Crippen LogP contribution < -0.4 is 5.32 Å². The van der Waals surface area contributed by atoms with Gasteiger partial charge in [0, 0.05) is 0 Å². The third kappa shape index (κ3) is 2.64. The summed E-state index contributed by atoms with van der Waals surface area (Å²) in [6, 6.07) is 0. The first-order valence-electron chi connectivity index (χ1n) is 3.79. The van der Waals surface area contributed by atoms with E-state index in [9.17, 15) is 4.39 Å². The first kappa shape index (κ1) is 9.22. The third-order valence-corrected chi connectivity index (χ3v) is 1.44. The van der Waals surface area contributed by atoms with Crippen molar-refractivity contribution in [2.45, 2.75) is 19.3 Å². The number of halogens is 1. The summed E-state index contributed by atoms with van der Waals surface area (Å²) in [5, 5.41) is 11.1. The van der Waals surface area contributed by atoms with Crippen LogP contribution in [-0.4, -0.2) is 24.0 Å². The molecule has 1 unspecified atom stereocenters. The molecular formula is C8H12FNO2. The minimum Gasteiger partial charge on any atom is -0.394 e. The summed E-state index contributed by atoms with van der Waals surface area (Å²) in [5.74, 6) is -0.423. The largest absolute Gasteiger partial charge is 0.394 e. The Bertz CT molecular complexity index is 203. The fraction of sp³-hybridized carbons (Fsp3) is 0.500. The maximum atomic E-state index is 12.5. The zero-order valence-corrected chi connectivity index (χ0v) is 6.83. The van der Waals surface area contributed by atoms with Gasteiger partial charge >= 0.3 is 0 Å². The fourth-order valence-corrected chi connectivity index (χ4v) is 0.846. The molecule has 2 N–H and O–H groups in total. The second kappa shape index (κ2) is 4.23. The maximum Gasteiger partial charge on any atom is 0.189 e. The van der Waals surface area contributed by atoms with Crippen molar-refractivity contribution in [2.24, 2.45) is 0 Å². The van der Waals surface area contributed by atoms with Crippen molar-refractivity contribution in [3.8, 4) is 0 Å². The van der Waals surface area contributed by atoms with Crippen molar-refractivity contribution in [3.63, 3.8) is 0 Å². The number of aliphatic hydroxyl groups is 1. The van der Waals surface area contributed by atoms with Gasteiger partial charge in [-0.15, -0.1) is 0 Å². The second-order valence-corrected chi connectivity index (χ2v) is 2.59. The molecule has 0 aromatic heterocycles. The molecule has 4 heteroatoms. The van der Waals surface area contributed by atoms with E-state index >= 15 is 0 Å². The molecule has 0 spiro atoms. The van der Waals surface area contributed by atoms with Crippen LogP contribution in [0.3, 0.4) is 0 Å². The summed E-state index contributed by atoms with van der Waals surface area (Å²) in [5.41, 5.74) is 0. The Morgan fingerprint density at radius 1 is 1.83 bits per heavy atom. The highest BCUT2D eigenvalue weighted by Crippen LogP contribution is 2.06. The van der Waals surface area contributed by atoms with E-state index in [1.807, 2.05) is 0 Å². The topological polar surface area (TPSA) is 41.5 Å². The molecule has 0 amide bonds. The summed E-state index contributed by atoms with van der Waals surface area (Å²) in [7, 11) is 0. The molecule has 3 nitrogen and oxygen atoms in total. The van der Waals surface area contributed by atoms with Crippen LogP contribution in [0.15, 0.2) is 24.2 Å². The first-order valence-corrected chi connectivity index (χ1v) is 3.79. The van der Waals surface area contributed by atoms with Gasteiger partial charge in [-0.3, -0.25) is 0 Å². The normalized spacial score (nSPS) is 24.6. The molecule has 0 saturated heterocycles. The quantitative estimate of drug-likeness (QED) is 0.617. The molecule has 1 heterocycles. The molecule has 68 valence electrons. The highest BCUT2D eigenvalue weighted by Gasteiger charge is 2.12. The predicted molar refractivity (Wildman–Crippen MR) is 42.9 cm³/mol. The molecular weight excluding hydrogens is 161 g/mol. The number of aliphatic hydroxyl groups excluding tert-OH is 1. The molecule has 0 aliphatic carbocycles. The number of dihydropyridines is 1. The van der Waals surface area contributed by atoms with Crippen LogP contribution in [0.25, 0.3) is 0 Å². The van der Waals surface area contributed by atoms with E-state index < -0.39 is 12.2 Å². The number of nitrogens with one attached hydrogen (secondary N) is 1. The van der Waals surface area contributed by atoms with E-state index in [2.05, 4.69) is 5.32 Å². The Labute approximate surface area is 70.5 Å². The molecule has 0 aromatic rings. The minimum absolute atomic E-state index is 0.0721. The average Bonchev–Trinajstić information content (AvgIpc) is 2.04. The van der Waals surface area contributed by atoms with Gasteiger partial charge in [-0.05, 0) is 19.1 Å². The van der Waals surface area contributed by atoms with Gasteiger partial charge in [-0.2, -0.15) is 4.39 Å². The Morgan fingerprint density at radius 3 is 3.17 bits per heavy atom. The van der Waals surface area contributed by atoms with Crippen molar-refractivity contribution in [1.82, 2.24) is 5.32 Å². The zero-order chi connectivity index (χ0) is 8.97. The molecule has 2 atom stereocenters. The number of hydrogen-bond acceptors (Lipinski definition) is 3. The summed E-state index contributed by atoms with van der Waals surface area (Å²) in [4.78, 5) is 0. The van der Waals surface area contributed by atoms with E-state index in [0.717, 1.165) is 0 Å². The highest BCUT2D eigenvalue weighted by atomic mass is 19.1. The molecule has 0 aromatic carbocycles. The summed E-state index contributed by atoms with van der Waals surface area (Å²) < 4.78 is 17.7. The Morgan fingerprint density at radius 2 is 2.58 bits per heavy atom. The second-order valence-electron chi connectivity index (χ2n) is 2.59. The van der Waals surface area contributed by atoms with E-state index in [1.165, 1.54) is 6.08 Å². The van der Waals surface area contributed by atoms with Gasteiger partial charge in [0.05, 0.1) is 12.7 Å². The molecule has 1 aliphatic heterocycles. The van der Waals surface area contributed by atoms with Crippen LogP contribution >= 0.6 is 0 Å². The third-order valence-electron chi connectivity index (χ3n) is 1.44. The highest BCUT2D eigenvalue weighted by molar-refractivity contribution is 5.13. The van der Waals surface area contributed by atoms with Crippen LogP contribution in [0.4, 0.5) is 4.39 Å². The van der Waals surface area contributed by atoms with Crippen LogP contribution in [0, 0.1) is 0 Å². The van der Waals surface area contributed by atoms with Crippen molar-refractivity contribution in [3.05, 3.63) is 24.2 Å². The van der Waals surface area contributed by atoms with Gasteiger partial charge in [-0.25, -0.2) is 0 Å². The molecule has 12 heavy (non-hydrogen) atoms. The van der Waals surface area contributed by atoms with Gasteiger partial charge in [0.15, 0.2) is 5.95 Å². The summed E-state index contributed by atoms with van der Waals surface area (Å²) in [6.45, 7) is 1.64. The van der Waals surface area contributed by atoms with Gasteiger partial charge in [-0.1, -0.05) is 6.08 Å². The van der Waals surface area contributed by atoms with Gasteiger partial charge in [0.1, 0.15) is 6.23 Å². The zero-order valence-electron chi connectivity index (χ0n) is 6.83. The number of ether oxygens (including phenoxy) is 1. The molecule has 1 rings (SSSR count). The van der Waals surface area contributed by atoms with Crippen molar-refractivity contribution >= 4 is 0 Å². The molecule has 1 aliphatic rings. The lowest BCUT2D eigenvalue weighted by atomic mass is 10.3. The van der Waals surface area contributed by atoms with E-state index in [4.69, 9.17) is 9.84 Å². The smallest absolute Gasteiger partial charge is 0.189 e. The Hall–Kier alpha value is -0.870. The SMILES string of the molecule is C[C@H](CO)OC1C=CC=C(F)N1. The lowest BCUT2D eigenvalue weighted by Gasteiger charge is -2.21. The van der Waals surface area contributed by atoms with E-state index in [0.29, 0.717) is 0 Å². The predicted octanol–water partition coefficient (Wildman–Crippen LogP) is 0.680. The van der Waals surface area contributed by atoms with Crippen molar-refractivity contribution < 1.29 is 14.2 Å². The molecule has 0 fully saturated rings. The number of allylic oxidation sites excluding steroid dienone is 2. The standard InChI is InChI=1S/C8H12FNO2/c1-6(5-11)12-8-4-2-3-7(9)10-8/h2-4,6,8,10-11H,5H2,1H3/t6-,8?/m1/s1. The van der Waals surface area contributed by atoms with Crippen molar-refractivity contribution in [1.29, 1.82) is 0 Å². The van der Waals surface area contributed by atoms with Crippen LogP contribution in [0.2, 0.25) is 0 Å². The Balaban J connectivity index is 2.36. The van der Waals surface area contributed by atoms with Crippen molar-refractivity contribution in [2.75, 3.05) is 6.61 Å².